The Morgan fingerprint density at radius 2 is 1.81 bits per heavy atom. The van der Waals surface area contributed by atoms with Crippen molar-refractivity contribution in [1.29, 1.82) is 0 Å². The fourth-order valence-electron chi connectivity index (χ4n) is 2.53. The smallest absolute Gasteiger partial charge is 0.288 e. The second-order valence-electron chi connectivity index (χ2n) is 7.02. The standard InChI is InChI=1S/C19H18F2N4O2/c1-19(2,3)24-18(27)16-23-15(14-6-4-5-9-25(14)16)17(26)22-13-8-7-11(20)10-12(13)21/h4-10H,1-3H3,(H,22,26)(H,24,27). The molecule has 1 aromatic carbocycles. The molecule has 0 aliphatic carbocycles. The van der Waals surface area contributed by atoms with Crippen LogP contribution in [0.3, 0.4) is 0 Å². The van der Waals surface area contributed by atoms with Crippen molar-refractivity contribution in [3.8, 4) is 0 Å². The monoisotopic (exact) mass is 372 g/mol. The summed E-state index contributed by atoms with van der Waals surface area (Å²) in [4.78, 5) is 29.3. The molecule has 0 aliphatic heterocycles. The minimum absolute atomic E-state index is 0.0326. The average Bonchev–Trinajstić information content (AvgIpc) is 2.96. The highest BCUT2D eigenvalue weighted by atomic mass is 19.1. The lowest BCUT2D eigenvalue weighted by atomic mass is 10.1. The highest BCUT2D eigenvalue weighted by Gasteiger charge is 2.24. The van der Waals surface area contributed by atoms with Crippen molar-refractivity contribution in [1.82, 2.24) is 14.7 Å². The molecule has 140 valence electrons. The highest BCUT2D eigenvalue weighted by Crippen LogP contribution is 2.19. The number of fused-ring (bicyclic) bond motifs is 1. The second kappa shape index (κ2) is 6.79. The molecule has 0 unspecified atom stereocenters. The van der Waals surface area contributed by atoms with Crippen molar-refractivity contribution in [3.05, 3.63) is 65.7 Å². The maximum Gasteiger partial charge on any atom is 0.288 e. The van der Waals surface area contributed by atoms with Crippen LogP contribution in [0.1, 0.15) is 41.9 Å². The fraction of sp³-hybridized carbons (Fsp3) is 0.211. The minimum atomic E-state index is -0.905. The van der Waals surface area contributed by atoms with E-state index >= 15 is 0 Å². The van der Waals surface area contributed by atoms with Crippen molar-refractivity contribution in [2.24, 2.45) is 0 Å². The lowest BCUT2D eigenvalue weighted by Crippen LogP contribution is -2.41. The van der Waals surface area contributed by atoms with E-state index in [-0.39, 0.29) is 17.2 Å². The van der Waals surface area contributed by atoms with Crippen molar-refractivity contribution >= 4 is 23.0 Å². The van der Waals surface area contributed by atoms with E-state index in [1.807, 2.05) is 20.8 Å². The molecular weight excluding hydrogens is 354 g/mol. The molecule has 0 saturated heterocycles. The van der Waals surface area contributed by atoms with Crippen LogP contribution in [0.5, 0.6) is 0 Å². The SMILES string of the molecule is CC(C)(C)NC(=O)c1nc(C(=O)Nc2ccc(F)cc2F)c2ccccn12. The first-order valence-electron chi connectivity index (χ1n) is 8.22. The van der Waals surface area contributed by atoms with Crippen molar-refractivity contribution in [2.75, 3.05) is 5.32 Å². The van der Waals surface area contributed by atoms with E-state index in [4.69, 9.17) is 0 Å². The van der Waals surface area contributed by atoms with Crippen LogP contribution in [0.4, 0.5) is 14.5 Å². The molecule has 0 bridgehead atoms. The first-order valence-corrected chi connectivity index (χ1v) is 8.22. The number of nitrogens with zero attached hydrogens (tertiary/aromatic N) is 2. The van der Waals surface area contributed by atoms with Gasteiger partial charge in [-0.3, -0.25) is 14.0 Å². The molecule has 0 spiro atoms. The van der Waals surface area contributed by atoms with Crippen LogP contribution in [0.2, 0.25) is 0 Å². The summed E-state index contributed by atoms with van der Waals surface area (Å²) in [6, 6.07) is 7.84. The molecular formula is C19H18F2N4O2. The number of anilines is 1. The van der Waals surface area contributed by atoms with E-state index in [0.717, 1.165) is 12.1 Å². The van der Waals surface area contributed by atoms with Gasteiger partial charge in [-0.1, -0.05) is 6.07 Å². The third-order valence-electron chi connectivity index (χ3n) is 3.63. The number of pyridine rings is 1. The Morgan fingerprint density at radius 1 is 1.07 bits per heavy atom. The molecule has 6 nitrogen and oxygen atoms in total. The molecule has 0 saturated carbocycles. The number of aromatic nitrogens is 2. The van der Waals surface area contributed by atoms with Crippen LogP contribution in [0.25, 0.3) is 5.52 Å². The third-order valence-corrected chi connectivity index (χ3v) is 3.63. The topological polar surface area (TPSA) is 75.5 Å². The van der Waals surface area contributed by atoms with Crippen LogP contribution < -0.4 is 10.6 Å². The number of hydrogen-bond acceptors (Lipinski definition) is 3. The molecule has 2 amide bonds. The summed E-state index contributed by atoms with van der Waals surface area (Å²) < 4.78 is 28.3. The summed E-state index contributed by atoms with van der Waals surface area (Å²) in [5.41, 5.74) is -0.327. The van der Waals surface area contributed by atoms with E-state index in [2.05, 4.69) is 15.6 Å². The minimum Gasteiger partial charge on any atom is -0.345 e. The first-order chi connectivity index (χ1) is 12.7. The van der Waals surface area contributed by atoms with Crippen LogP contribution >= 0.6 is 0 Å². The molecule has 8 heteroatoms. The Labute approximate surface area is 154 Å². The number of rotatable bonds is 3. The van der Waals surface area contributed by atoms with Crippen LogP contribution in [-0.2, 0) is 0 Å². The zero-order chi connectivity index (χ0) is 19.8. The maximum absolute atomic E-state index is 13.8. The van der Waals surface area contributed by atoms with Gasteiger partial charge >= 0.3 is 0 Å². The van der Waals surface area contributed by atoms with Crippen LogP contribution in [0, 0.1) is 11.6 Å². The van der Waals surface area contributed by atoms with Gasteiger partial charge in [0.15, 0.2) is 5.69 Å². The summed E-state index contributed by atoms with van der Waals surface area (Å²) >= 11 is 0. The van der Waals surface area contributed by atoms with Crippen molar-refractivity contribution in [3.63, 3.8) is 0 Å². The molecule has 0 fully saturated rings. The van der Waals surface area contributed by atoms with Crippen molar-refractivity contribution in [2.45, 2.75) is 26.3 Å². The zero-order valence-corrected chi connectivity index (χ0v) is 15.0. The van der Waals surface area contributed by atoms with Gasteiger partial charge in [0.25, 0.3) is 11.8 Å². The van der Waals surface area contributed by atoms with Gasteiger partial charge in [-0.15, -0.1) is 0 Å². The normalized spacial score (nSPS) is 11.4. The van der Waals surface area contributed by atoms with Gasteiger partial charge in [-0.25, -0.2) is 13.8 Å². The number of hydrogen-bond donors (Lipinski definition) is 2. The predicted octanol–water partition coefficient (Wildman–Crippen LogP) is 3.39. The second-order valence-corrected chi connectivity index (χ2v) is 7.02. The van der Waals surface area contributed by atoms with E-state index in [0.29, 0.717) is 11.6 Å². The van der Waals surface area contributed by atoms with Crippen molar-refractivity contribution < 1.29 is 18.4 Å². The van der Waals surface area contributed by atoms with E-state index < -0.39 is 29.0 Å². The molecule has 0 aliphatic rings. The zero-order valence-electron chi connectivity index (χ0n) is 15.0. The summed E-state index contributed by atoms with van der Waals surface area (Å²) in [7, 11) is 0. The number of carbonyl (C=O) groups is 2. The van der Waals surface area contributed by atoms with E-state index in [9.17, 15) is 18.4 Å². The number of carbonyl (C=O) groups excluding carboxylic acids is 2. The summed E-state index contributed by atoms with van der Waals surface area (Å²) in [6.45, 7) is 5.48. The average molecular weight is 372 g/mol. The fourth-order valence-corrected chi connectivity index (χ4v) is 2.53. The predicted molar refractivity (Wildman–Crippen MR) is 96.7 cm³/mol. The number of halogens is 2. The molecule has 3 rings (SSSR count). The highest BCUT2D eigenvalue weighted by molar-refractivity contribution is 6.09. The third kappa shape index (κ3) is 3.94. The Morgan fingerprint density at radius 3 is 2.48 bits per heavy atom. The Balaban J connectivity index is 1.99. The van der Waals surface area contributed by atoms with E-state index in [1.165, 1.54) is 4.40 Å². The number of imidazole rings is 1. The number of benzene rings is 1. The van der Waals surface area contributed by atoms with E-state index in [1.54, 1.807) is 24.4 Å². The molecule has 0 atom stereocenters. The van der Waals surface area contributed by atoms with Gasteiger partial charge in [0.1, 0.15) is 11.6 Å². The van der Waals surface area contributed by atoms with Crippen LogP contribution in [0.15, 0.2) is 42.6 Å². The summed E-state index contributed by atoms with van der Waals surface area (Å²) in [5, 5.41) is 5.15. The van der Waals surface area contributed by atoms with Gasteiger partial charge in [0.05, 0.1) is 11.2 Å². The molecule has 27 heavy (non-hydrogen) atoms. The van der Waals surface area contributed by atoms with Gasteiger partial charge in [0, 0.05) is 17.8 Å². The van der Waals surface area contributed by atoms with Gasteiger partial charge in [0.2, 0.25) is 5.82 Å². The molecule has 2 aromatic heterocycles. The largest absolute Gasteiger partial charge is 0.345 e. The van der Waals surface area contributed by atoms with Gasteiger partial charge in [-0.05, 0) is 45.0 Å². The van der Waals surface area contributed by atoms with Gasteiger partial charge < -0.3 is 10.6 Å². The lowest BCUT2D eigenvalue weighted by Gasteiger charge is -2.19. The maximum atomic E-state index is 13.8. The summed E-state index contributed by atoms with van der Waals surface area (Å²) in [6.07, 6.45) is 1.61. The number of amides is 2. The molecule has 0 radical (unpaired) electrons. The Bertz CT molecular complexity index is 1040. The molecule has 3 aromatic rings. The van der Waals surface area contributed by atoms with Crippen LogP contribution in [-0.4, -0.2) is 26.7 Å². The Hall–Kier alpha value is -3.29. The Kier molecular flexibility index (Phi) is 4.65. The summed E-state index contributed by atoms with van der Waals surface area (Å²) in [5.74, 6) is -2.78. The van der Waals surface area contributed by atoms with Gasteiger partial charge in [-0.2, -0.15) is 0 Å². The quantitative estimate of drug-likeness (QED) is 0.740. The lowest BCUT2D eigenvalue weighted by molar-refractivity contribution is 0.0908. The molecule has 2 heterocycles. The molecule has 2 N–H and O–H groups in total. The number of nitrogens with one attached hydrogen (secondary N) is 2. The first kappa shape index (κ1) is 18.5.